The molecule has 2 heteroatoms. The third kappa shape index (κ3) is 5.37. The number of hydrogen-bond acceptors (Lipinski definition) is 2. The normalized spacial score (nSPS) is 12.9. The molecule has 10 rings (SSSR count). The van der Waals surface area contributed by atoms with Crippen molar-refractivity contribution in [3.05, 3.63) is 199 Å². The van der Waals surface area contributed by atoms with Gasteiger partial charge in [0.1, 0.15) is 0 Å². The quantitative estimate of drug-likeness (QED) is 0.167. The molecule has 9 aromatic rings. The van der Waals surface area contributed by atoms with Crippen LogP contribution >= 0.6 is 11.3 Å². The average Bonchev–Trinajstić information content (AvgIpc) is 3.70. The predicted octanol–water partition coefficient (Wildman–Crippen LogP) is 14.8. The van der Waals surface area contributed by atoms with Gasteiger partial charge in [-0.2, -0.15) is 0 Å². The number of anilines is 3. The summed E-state index contributed by atoms with van der Waals surface area (Å²) in [7, 11) is 0. The van der Waals surface area contributed by atoms with Crippen molar-refractivity contribution in [2.75, 3.05) is 4.90 Å². The SMILES string of the molecule is CC1(C)c2ccccc2-c2ccc(N(c3ccc(-c4ccccc4)cc3)c3ccc(-c4cccc(-c5ccc6sc7ccccc7c6c5)c4)cc3)cc21. The van der Waals surface area contributed by atoms with E-state index in [2.05, 4.69) is 207 Å². The van der Waals surface area contributed by atoms with Gasteiger partial charge in [0.15, 0.2) is 0 Å². The zero-order valence-corrected chi connectivity index (χ0v) is 30.6. The molecule has 1 aliphatic carbocycles. The minimum Gasteiger partial charge on any atom is -0.310 e. The van der Waals surface area contributed by atoms with E-state index < -0.39 is 0 Å². The third-order valence-corrected chi connectivity index (χ3v) is 12.2. The lowest BCUT2D eigenvalue weighted by atomic mass is 9.82. The molecule has 0 N–H and O–H groups in total. The van der Waals surface area contributed by atoms with Crippen LogP contribution in [0, 0.1) is 0 Å². The highest BCUT2D eigenvalue weighted by atomic mass is 32.1. The average molecular weight is 696 g/mol. The van der Waals surface area contributed by atoms with Crippen LogP contribution in [0.25, 0.3) is 64.7 Å². The van der Waals surface area contributed by atoms with Crippen molar-refractivity contribution < 1.29 is 0 Å². The molecule has 1 nitrogen and oxygen atoms in total. The van der Waals surface area contributed by atoms with E-state index in [0.29, 0.717) is 0 Å². The van der Waals surface area contributed by atoms with Crippen molar-refractivity contribution >= 4 is 48.6 Å². The standard InChI is InChI=1S/C51H37NS/c1-51(2)47-17-8-6-15-43(47)44-29-28-42(33-48(44)51)52(40-24-19-35(20-25-40)34-11-4-3-5-12-34)41-26-21-36(22-27-41)37-13-10-14-38(31-37)39-23-30-50-46(32-39)45-16-7-9-18-49(45)53-50/h3-33H,1-2H3. The highest BCUT2D eigenvalue weighted by Crippen LogP contribution is 2.50. The number of rotatable bonds is 6. The Bertz CT molecular complexity index is 2790. The third-order valence-electron chi connectivity index (χ3n) is 11.1. The van der Waals surface area contributed by atoms with Crippen molar-refractivity contribution in [3.63, 3.8) is 0 Å². The van der Waals surface area contributed by atoms with E-state index in [4.69, 9.17) is 0 Å². The number of nitrogens with zero attached hydrogens (tertiary/aromatic N) is 1. The van der Waals surface area contributed by atoms with Gasteiger partial charge in [-0.1, -0.05) is 141 Å². The first-order valence-electron chi connectivity index (χ1n) is 18.3. The van der Waals surface area contributed by atoms with Crippen LogP contribution in [-0.2, 0) is 5.41 Å². The molecule has 0 saturated carbocycles. The molecule has 0 aliphatic heterocycles. The molecule has 53 heavy (non-hydrogen) atoms. The van der Waals surface area contributed by atoms with Crippen LogP contribution in [0.1, 0.15) is 25.0 Å². The van der Waals surface area contributed by atoms with Gasteiger partial charge in [0.2, 0.25) is 0 Å². The molecule has 1 heterocycles. The summed E-state index contributed by atoms with van der Waals surface area (Å²) in [6.07, 6.45) is 0. The Kier molecular flexibility index (Phi) is 7.42. The van der Waals surface area contributed by atoms with E-state index >= 15 is 0 Å². The maximum absolute atomic E-state index is 2.41. The summed E-state index contributed by atoms with van der Waals surface area (Å²) >= 11 is 1.86. The maximum atomic E-state index is 2.41. The highest BCUT2D eigenvalue weighted by Gasteiger charge is 2.35. The van der Waals surface area contributed by atoms with Gasteiger partial charge in [0.25, 0.3) is 0 Å². The van der Waals surface area contributed by atoms with Crippen LogP contribution in [0.3, 0.4) is 0 Å². The van der Waals surface area contributed by atoms with E-state index in [1.165, 1.54) is 75.8 Å². The van der Waals surface area contributed by atoms with Crippen LogP contribution in [0.5, 0.6) is 0 Å². The molecule has 1 aliphatic rings. The number of hydrogen-bond donors (Lipinski definition) is 0. The fraction of sp³-hybridized carbons (Fsp3) is 0.0588. The summed E-state index contributed by atoms with van der Waals surface area (Å²) in [5, 5.41) is 2.66. The van der Waals surface area contributed by atoms with Gasteiger partial charge in [0, 0.05) is 42.6 Å². The summed E-state index contributed by atoms with van der Waals surface area (Å²) in [5.41, 5.74) is 16.1. The molecule has 0 amide bonds. The van der Waals surface area contributed by atoms with E-state index in [-0.39, 0.29) is 5.41 Å². The molecular formula is C51H37NS. The lowest BCUT2D eigenvalue weighted by molar-refractivity contribution is 0.660. The predicted molar refractivity (Wildman–Crippen MR) is 228 cm³/mol. The summed E-state index contributed by atoms with van der Waals surface area (Å²) in [6.45, 7) is 4.70. The summed E-state index contributed by atoms with van der Waals surface area (Å²) < 4.78 is 2.67. The van der Waals surface area contributed by atoms with Crippen molar-refractivity contribution in [2.45, 2.75) is 19.3 Å². The Labute approximate surface area is 315 Å². The molecule has 0 radical (unpaired) electrons. The second-order valence-corrected chi connectivity index (χ2v) is 15.7. The molecule has 0 unspecified atom stereocenters. The number of fused-ring (bicyclic) bond motifs is 6. The van der Waals surface area contributed by atoms with E-state index in [1.54, 1.807) is 0 Å². The second-order valence-electron chi connectivity index (χ2n) is 14.6. The van der Waals surface area contributed by atoms with Gasteiger partial charge < -0.3 is 4.90 Å². The topological polar surface area (TPSA) is 3.24 Å². The molecule has 8 aromatic carbocycles. The Morgan fingerprint density at radius 3 is 1.66 bits per heavy atom. The van der Waals surface area contributed by atoms with Gasteiger partial charge in [-0.25, -0.2) is 0 Å². The van der Waals surface area contributed by atoms with Crippen molar-refractivity contribution in [2.24, 2.45) is 0 Å². The van der Waals surface area contributed by atoms with Crippen molar-refractivity contribution in [3.8, 4) is 44.5 Å². The first-order chi connectivity index (χ1) is 26.0. The molecule has 1 aromatic heterocycles. The lowest BCUT2D eigenvalue weighted by Crippen LogP contribution is -2.16. The van der Waals surface area contributed by atoms with Gasteiger partial charge in [-0.15, -0.1) is 11.3 Å². The molecule has 0 bridgehead atoms. The van der Waals surface area contributed by atoms with Crippen LogP contribution < -0.4 is 4.90 Å². The van der Waals surface area contributed by atoms with Gasteiger partial charge in [-0.3, -0.25) is 0 Å². The van der Waals surface area contributed by atoms with E-state index in [1.807, 2.05) is 11.3 Å². The van der Waals surface area contributed by atoms with Crippen molar-refractivity contribution in [1.82, 2.24) is 0 Å². The van der Waals surface area contributed by atoms with Crippen LogP contribution in [0.4, 0.5) is 17.1 Å². The minimum absolute atomic E-state index is 0.0826. The smallest absolute Gasteiger partial charge is 0.0465 e. The Balaban J connectivity index is 1.03. The van der Waals surface area contributed by atoms with Crippen LogP contribution in [-0.4, -0.2) is 0 Å². The van der Waals surface area contributed by atoms with Crippen LogP contribution in [0.2, 0.25) is 0 Å². The summed E-state index contributed by atoms with van der Waals surface area (Å²) in [6, 6.07) is 69.1. The van der Waals surface area contributed by atoms with Gasteiger partial charge in [-0.05, 0) is 116 Å². The summed E-state index contributed by atoms with van der Waals surface area (Å²) in [5.74, 6) is 0. The minimum atomic E-state index is -0.0826. The monoisotopic (exact) mass is 695 g/mol. The second kappa shape index (κ2) is 12.5. The van der Waals surface area contributed by atoms with E-state index in [9.17, 15) is 0 Å². The van der Waals surface area contributed by atoms with E-state index in [0.717, 1.165) is 17.1 Å². The summed E-state index contributed by atoms with van der Waals surface area (Å²) in [4.78, 5) is 2.40. The Hall–Kier alpha value is -6.22. The highest BCUT2D eigenvalue weighted by molar-refractivity contribution is 7.25. The van der Waals surface area contributed by atoms with Crippen molar-refractivity contribution in [1.29, 1.82) is 0 Å². The largest absolute Gasteiger partial charge is 0.310 e. The Morgan fingerprint density at radius 1 is 0.358 bits per heavy atom. The maximum Gasteiger partial charge on any atom is 0.0465 e. The molecule has 0 atom stereocenters. The molecule has 0 spiro atoms. The number of benzene rings is 8. The fourth-order valence-electron chi connectivity index (χ4n) is 8.30. The fourth-order valence-corrected chi connectivity index (χ4v) is 9.39. The Morgan fingerprint density at radius 2 is 0.887 bits per heavy atom. The first kappa shape index (κ1) is 31.5. The zero-order chi connectivity index (χ0) is 35.5. The molecule has 252 valence electrons. The van der Waals surface area contributed by atoms with Crippen LogP contribution in [0.15, 0.2) is 188 Å². The van der Waals surface area contributed by atoms with Gasteiger partial charge in [0.05, 0.1) is 0 Å². The molecular weight excluding hydrogens is 659 g/mol. The zero-order valence-electron chi connectivity index (χ0n) is 29.8. The molecule has 0 saturated heterocycles. The first-order valence-corrected chi connectivity index (χ1v) is 19.2. The molecule has 0 fully saturated rings. The van der Waals surface area contributed by atoms with Gasteiger partial charge >= 0.3 is 0 Å². The number of thiophene rings is 1. The lowest BCUT2D eigenvalue weighted by Gasteiger charge is -2.28.